The fourth-order valence-electron chi connectivity index (χ4n) is 3.35. The molecule has 1 saturated carbocycles. The Labute approximate surface area is 110 Å². The Morgan fingerprint density at radius 2 is 1.94 bits per heavy atom. The van der Waals surface area contributed by atoms with Crippen molar-refractivity contribution in [1.82, 2.24) is 14.8 Å². The number of hydrogen-bond donors (Lipinski definition) is 1. The van der Waals surface area contributed by atoms with Crippen LogP contribution < -0.4 is 5.73 Å². The third-order valence-corrected chi connectivity index (χ3v) is 4.13. The summed E-state index contributed by atoms with van der Waals surface area (Å²) in [6.07, 6.45) is 4.16. The molecule has 0 saturated heterocycles. The van der Waals surface area contributed by atoms with E-state index in [1.54, 1.807) is 0 Å². The number of nitrogens with zero attached hydrogens (tertiary/aromatic N) is 3. The molecule has 0 bridgehead atoms. The van der Waals surface area contributed by atoms with Crippen LogP contribution >= 0.6 is 0 Å². The zero-order valence-electron chi connectivity index (χ0n) is 12.1. The molecule has 2 N–H and O–H groups in total. The van der Waals surface area contributed by atoms with E-state index in [0.717, 1.165) is 36.8 Å². The van der Waals surface area contributed by atoms with E-state index in [9.17, 15) is 0 Å². The molecule has 1 fully saturated rings. The molecular formula is C14H26N4. The molecule has 1 aliphatic rings. The molecule has 4 unspecified atom stereocenters. The van der Waals surface area contributed by atoms with Crippen LogP contribution in [0.2, 0.25) is 0 Å². The maximum Gasteiger partial charge on any atom is 0.150 e. The van der Waals surface area contributed by atoms with Gasteiger partial charge in [0.1, 0.15) is 5.82 Å². The van der Waals surface area contributed by atoms with Crippen molar-refractivity contribution in [3.05, 3.63) is 11.6 Å². The van der Waals surface area contributed by atoms with Crippen molar-refractivity contribution in [1.29, 1.82) is 0 Å². The quantitative estimate of drug-likeness (QED) is 0.895. The largest absolute Gasteiger partial charge is 0.326 e. The summed E-state index contributed by atoms with van der Waals surface area (Å²) < 4.78 is 2.13. The molecule has 1 aromatic heterocycles. The molecule has 1 aromatic rings. The molecule has 102 valence electrons. The summed E-state index contributed by atoms with van der Waals surface area (Å²) >= 11 is 0. The second-order valence-corrected chi connectivity index (χ2v) is 5.80. The summed E-state index contributed by atoms with van der Waals surface area (Å²) in [4.78, 5) is 4.61. The molecule has 2 rings (SSSR count). The van der Waals surface area contributed by atoms with Gasteiger partial charge < -0.3 is 5.73 Å². The second kappa shape index (κ2) is 5.39. The summed E-state index contributed by atoms with van der Waals surface area (Å²) in [7, 11) is 0. The highest BCUT2D eigenvalue weighted by Crippen LogP contribution is 2.36. The van der Waals surface area contributed by atoms with Crippen LogP contribution in [0.15, 0.2) is 0 Å². The van der Waals surface area contributed by atoms with Gasteiger partial charge in [0.05, 0.1) is 6.04 Å². The molecule has 4 nitrogen and oxygen atoms in total. The van der Waals surface area contributed by atoms with E-state index in [0.29, 0.717) is 12.0 Å². The Bertz CT molecular complexity index is 386. The fourth-order valence-corrected chi connectivity index (χ4v) is 3.35. The Balaban J connectivity index is 2.31. The molecule has 4 heteroatoms. The number of aryl methyl sites for hydroxylation is 2. The first kappa shape index (κ1) is 13.5. The van der Waals surface area contributed by atoms with E-state index in [-0.39, 0.29) is 6.04 Å². The first-order valence-corrected chi connectivity index (χ1v) is 7.26. The number of nitrogens with two attached hydrogens (primary N) is 1. The van der Waals surface area contributed by atoms with Crippen molar-refractivity contribution >= 4 is 0 Å². The third-order valence-electron chi connectivity index (χ3n) is 4.13. The van der Waals surface area contributed by atoms with Gasteiger partial charge in [-0.2, -0.15) is 5.10 Å². The van der Waals surface area contributed by atoms with E-state index in [2.05, 4.69) is 42.5 Å². The molecule has 0 spiro atoms. The van der Waals surface area contributed by atoms with E-state index in [1.807, 2.05) is 0 Å². The minimum Gasteiger partial charge on any atom is -0.326 e. The lowest BCUT2D eigenvalue weighted by Crippen LogP contribution is -2.43. The van der Waals surface area contributed by atoms with Gasteiger partial charge in [-0.3, -0.25) is 0 Å². The Hall–Kier alpha value is -0.900. The normalized spacial score (nSPS) is 32.7. The Morgan fingerprint density at radius 1 is 1.22 bits per heavy atom. The van der Waals surface area contributed by atoms with Crippen molar-refractivity contribution in [2.45, 2.75) is 65.5 Å². The molecule has 18 heavy (non-hydrogen) atoms. The van der Waals surface area contributed by atoms with Crippen molar-refractivity contribution < 1.29 is 0 Å². The van der Waals surface area contributed by atoms with Crippen LogP contribution in [0.5, 0.6) is 0 Å². The summed E-state index contributed by atoms with van der Waals surface area (Å²) in [5.41, 5.74) is 6.38. The summed E-state index contributed by atoms with van der Waals surface area (Å²) in [6, 6.07) is 0.532. The molecular weight excluding hydrogens is 224 g/mol. The topological polar surface area (TPSA) is 56.7 Å². The lowest BCUT2D eigenvalue weighted by Gasteiger charge is -2.38. The van der Waals surface area contributed by atoms with Crippen LogP contribution in [0.4, 0.5) is 0 Å². The van der Waals surface area contributed by atoms with Gasteiger partial charge >= 0.3 is 0 Å². The van der Waals surface area contributed by atoms with Crippen LogP contribution in [0.25, 0.3) is 0 Å². The predicted octanol–water partition coefficient (Wildman–Crippen LogP) is 2.34. The average molecular weight is 250 g/mol. The van der Waals surface area contributed by atoms with Gasteiger partial charge in [-0.05, 0) is 24.7 Å². The Morgan fingerprint density at radius 3 is 2.50 bits per heavy atom. The highest BCUT2D eigenvalue weighted by molar-refractivity contribution is 4.99. The number of aromatic nitrogens is 3. The van der Waals surface area contributed by atoms with Crippen molar-refractivity contribution in [2.75, 3.05) is 0 Å². The van der Waals surface area contributed by atoms with Gasteiger partial charge in [0, 0.05) is 18.9 Å². The average Bonchev–Trinajstić information content (AvgIpc) is 2.71. The van der Waals surface area contributed by atoms with Crippen LogP contribution in [0.1, 0.15) is 58.2 Å². The number of hydrogen-bond acceptors (Lipinski definition) is 3. The summed E-state index contributed by atoms with van der Waals surface area (Å²) in [5, 5.41) is 4.67. The van der Waals surface area contributed by atoms with Crippen molar-refractivity contribution in [3.63, 3.8) is 0 Å². The smallest absolute Gasteiger partial charge is 0.150 e. The maximum absolute atomic E-state index is 6.38. The summed E-state index contributed by atoms with van der Waals surface area (Å²) in [6.45, 7) is 8.84. The van der Waals surface area contributed by atoms with Gasteiger partial charge in [0.25, 0.3) is 0 Å². The fraction of sp³-hybridized carbons (Fsp3) is 0.857. The van der Waals surface area contributed by atoms with E-state index < -0.39 is 0 Å². The minimum absolute atomic E-state index is 0.209. The molecule has 0 aromatic carbocycles. The molecule has 4 atom stereocenters. The zero-order chi connectivity index (χ0) is 13.3. The molecule has 0 radical (unpaired) electrons. The highest BCUT2D eigenvalue weighted by Gasteiger charge is 2.34. The van der Waals surface area contributed by atoms with E-state index >= 15 is 0 Å². The number of rotatable bonds is 3. The van der Waals surface area contributed by atoms with Gasteiger partial charge in [-0.25, -0.2) is 9.67 Å². The SMILES string of the molecule is CCc1nc(CC)n(C2C(C)CC(C)CC2N)n1. The molecule has 1 heterocycles. The first-order chi connectivity index (χ1) is 8.56. The van der Waals surface area contributed by atoms with Gasteiger partial charge in [0.2, 0.25) is 0 Å². The second-order valence-electron chi connectivity index (χ2n) is 5.80. The third kappa shape index (κ3) is 2.44. The van der Waals surface area contributed by atoms with Gasteiger partial charge in [-0.1, -0.05) is 27.7 Å². The summed E-state index contributed by atoms with van der Waals surface area (Å²) in [5.74, 6) is 3.35. The monoisotopic (exact) mass is 250 g/mol. The maximum atomic E-state index is 6.38. The lowest BCUT2D eigenvalue weighted by molar-refractivity contribution is 0.163. The minimum atomic E-state index is 0.209. The van der Waals surface area contributed by atoms with E-state index in [1.165, 1.54) is 6.42 Å². The van der Waals surface area contributed by atoms with Gasteiger partial charge in [0.15, 0.2) is 5.82 Å². The lowest BCUT2D eigenvalue weighted by atomic mass is 9.77. The van der Waals surface area contributed by atoms with E-state index in [4.69, 9.17) is 5.73 Å². The standard InChI is InChI=1S/C14H26N4/c1-5-12-16-13(6-2)18(17-12)14-10(4)7-9(3)8-11(14)15/h9-11,14H,5-8,15H2,1-4H3. The van der Waals surface area contributed by atoms with Crippen LogP contribution in [0, 0.1) is 11.8 Å². The predicted molar refractivity (Wildman–Crippen MR) is 73.4 cm³/mol. The molecule has 1 aliphatic carbocycles. The van der Waals surface area contributed by atoms with Crippen LogP contribution in [0.3, 0.4) is 0 Å². The first-order valence-electron chi connectivity index (χ1n) is 7.26. The molecule has 0 aliphatic heterocycles. The molecule has 0 amide bonds. The van der Waals surface area contributed by atoms with Crippen molar-refractivity contribution in [2.24, 2.45) is 17.6 Å². The van der Waals surface area contributed by atoms with Crippen molar-refractivity contribution in [3.8, 4) is 0 Å². The Kier molecular flexibility index (Phi) is 4.05. The highest BCUT2D eigenvalue weighted by atomic mass is 15.4. The van der Waals surface area contributed by atoms with Gasteiger partial charge in [-0.15, -0.1) is 0 Å². The van der Waals surface area contributed by atoms with Crippen LogP contribution in [-0.2, 0) is 12.8 Å². The zero-order valence-corrected chi connectivity index (χ0v) is 12.1. The van der Waals surface area contributed by atoms with Crippen LogP contribution in [-0.4, -0.2) is 20.8 Å².